The second-order valence-electron chi connectivity index (χ2n) is 3.99. The fourth-order valence-corrected chi connectivity index (χ4v) is 3.28. The van der Waals surface area contributed by atoms with Gasteiger partial charge in [0.15, 0.2) is 0 Å². The molecule has 0 amide bonds. The lowest BCUT2D eigenvalue weighted by atomic mass is 10.3. The van der Waals surface area contributed by atoms with Crippen LogP contribution in [0.3, 0.4) is 0 Å². The summed E-state index contributed by atoms with van der Waals surface area (Å²) >= 11 is 0. The van der Waals surface area contributed by atoms with E-state index in [0.29, 0.717) is 0 Å². The smallest absolute Gasteiger partial charge is 0.134 e. The lowest BCUT2D eigenvalue weighted by Gasteiger charge is -2.16. The van der Waals surface area contributed by atoms with Crippen LogP contribution in [-0.4, -0.2) is 54.2 Å². The van der Waals surface area contributed by atoms with Crippen LogP contribution in [-0.2, 0) is 9.47 Å². The van der Waals surface area contributed by atoms with Gasteiger partial charge >= 0.3 is 0 Å². The van der Waals surface area contributed by atoms with E-state index in [1.807, 2.05) is 13.8 Å². The van der Waals surface area contributed by atoms with Gasteiger partial charge in [0.25, 0.3) is 0 Å². The Hall–Kier alpha value is 0.0969. The average molecular weight is 233 g/mol. The molecule has 0 atom stereocenters. The third-order valence-corrected chi connectivity index (χ3v) is 4.10. The molecule has 0 aromatic rings. The summed E-state index contributed by atoms with van der Waals surface area (Å²) in [5, 5.41) is 0. The predicted molar refractivity (Wildman–Crippen MR) is 68.2 cm³/mol. The van der Waals surface area contributed by atoms with E-state index >= 15 is 0 Å². The fraction of sp³-hybridized carbons (Fsp3) is 1.00. The standard InChI is InChI=1S/C11H27NO2Si/c1-5-13-11(14-6-2)15-10-8-7-9-12(3)4/h11H,5-10,15H2,1-4H3. The summed E-state index contributed by atoms with van der Waals surface area (Å²) in [7, 11) is 4.05. The first-order chi connectivity index (χ1) is 7.20. The van der Waals surface area contributed by atoms with Crippen LogP contribution in [0.25, 0.3) is 0 Å². The third kappa shape index (κ3) is 10.4. The maximum absolute atomic E-state index is 5.54. The lowest BCUT2D eigenvalue weighted by molar-refractivity contribution is -0.0827. The molecule has 0 fully saturated rings. The van der Waals surface area contributed by atoms with Gasteiger partial charge in [-0.15, -0.1) is 0 Å². The first kappa shape index (κ1) is 15.1. The molecule has 0 saturated carbocycles. The van der Waals surface area contributed by atoms with Crippen LogP contribution < -0.4 is 0 Å². The van der Waals surface area contributed by atoms with E-state index in [1.165, 1.54) is 25.4 Å². The molecule has 3 nitrogen and oxygen atoms in total. The Morgan fingerprint density at radius 3 is 2.13 bits per heavy atom. The molecule has 0 spiro atoms. The number of ether oxygens (including phenoxy) is 2. The zero-order valence-corrected chi connectivity index (χ0v) is 12.2. The highest BCUT2D eigenvalue weighted by Crippen LogP contribution is 2.02. The number of rotatable bonds is 10. The summed E-state index contributed by atoms with van der Waals surface area (Å²) in [6.45, 7) is 6.81. The van der Waals surface area contributed by atoms with Gasteiger partial charge in [0.2, 0.25) is 0 Å². The van der Waals surface area contributed by atoms with Gasteiger partial charge in [-0.3, -0.25) is 0 Å². The highest BCUT2D eigenvalue weighted by atomic mass is 28.2. The third-order valence-electron chi connectivity index (χ3n) is 2.25. The summed E-state index contributed by atoms with van der Waals surface area (Å²) in [5.74, 6) is 0.152. The van der Waals surface area contributed by atoms with Gasteiger partial charge in [0.05, 0.1) is 9.52 Å². The van der Waals surface area contributed by atoms with Crippen molar-refractivity contribution in [3.63, 3.8) is 0 Å². The van der Waals surface area contributed by atoms with Crippen LogP contribution in [0.2, 0.25) is 6.04 Å². The van der Waals surface area contributed by atoms with E-state index < -0.39 is 0 Å². The summed E-state index contributed by atoms with van der Waals surface area (Å²) in [6.07, 6.45) is 2.62. The van der Waals surface area contributed by atoms with Crippen molar-refractivity contribution in [2.45, 2.75) is 38.6 Å². The van der Waals surface area contributed by atoms with E-state index in [1.54, 1.807) is 0 Å². The van der Waals surface area contributed by atoms with Crippen molar-refractivity contribution in [2.24, 2.45) is 0 Å². The number of hydrogen-bond donors (Lipinski definition) is 0. The molecule has 0 heterocycles. The normalized spacial score (nSPS) is 12.4. The molecule has 0 bridgehead atoms. The Morgan fingerprint density at radius 2 is 1.67 bits per heavy atom. The average Bonchev–Trinajstić information content (AvgIpc) is 2.17. The minimum absolute atomic E-state index is 0.152. The van der Waals surface area contributed by atoms with Crippen molar-refractivity contribution in [3.05, 3.63) is 0 Å². The summed E-state index contributed by atoms with van der Waals surface area (Å²) in [6, 6.07) is 1.33. The molecular formula is C11H27NO2Si. The van der Waals surface area contributed by atoms with Crippen molar-refractivity contribution in [3.8, 4) is 0 Å². The van der Waals surface area contributed by atoms with Crippen molar-refractivity contribution in [2.75, 3.05) is 33.9 Å². The zero-order chi connectivity index (χ0) is 11.5. The molecule has 15 heavy (non-hydrogen) atoms. The van der Waals surface area contributed by atoms with Gasteiger partial charge < -0.3 is 14.4 Å². The van der Waals surface area contributed by atoms with E-state index in [9.17, 15) is 0 Å². The molecule has 0 aromatic carbocycles. The van der Waals surface area contributed by atoms with E-state index in [2.05, 4.69) is 19.0 Å². The monoisotopic (exact) mass is 233 g/mol. The Balaban J connectivity index is 3.36. The van der Waals surface area contributed by atoms with Gasteiger partial charge in [-0.1, -0.05) is 12.5 Å². The largest absolute Gasteiger partial charge is 0.357 e. The number of nitrogens with zero attached hydrogens (tertiary/aromatic N) is 1. The van der Waals surface area contributed by atoms with Crippen LogP contribution in [0.5, 0.6) is 0 Å². The lowest BCUT2D eigenvalue weighted by Crippen LogP contribution is -2.24. The Morgan fingerprint density at radius 1 is 1.07 bits per heavy atom. The van der Waals surface area contributed by atoms with Gasteiger partial charge in [0, 0.05) is 13.2 Å². The van der Waals surface area contributed by atoms with Crippen molar-refractivity contribution < 1.29 is 9.47 Å². The number of unbranched alkanes of at least 4 members (excludes halogenated alkanes) is 1. The number of hydrogen-bond acceptors (Lipinski definition) is 3. The van der Waals surface area contributed by atoms with Crippen molar-refractivity contribution in [1.82, 2.24) is 4.90 Å². The van der Waals surface area contributed by atoms with Gasteiger partial charge in [0.1, 0.15) is 5.91 Å². The van der Waals surface area contributed by atoms with Crippen LogP contribution >= 0.6 is 0 Å². The molecule has 0 unspecified atom stereocenters. The van der Waals surface area contributed by atoms with Crippen LogP contribution in [0, 0.1) is 0 Å². The first-order valence-electron chi connectivity index (χ1n) is 6.08. The Labute approximate surface area is 96.9 Å². The second kappa shape index (κ2) is 10.6. The maximum atomic E-state index is 5.54. The predicted octanol–water partition coefficient (Wildman–Crippen LogP) is 1.27. The van der Waals surface area contributed by atoms with E-state index in [-0.39, 0.29) is 15.4 Å². The summed E-state index contributed by atoms with van der Waals surface area (Å²) < 4.78 is 11.1. The first-order valence-corrected chi connectivity index (χ1v) is 7.90. The minimum Gasteiger partial charge on any atom is -0.357 e. The highest BCUT2D eigenvalue weighted by Gasteiger charge is 2.07. The Bertz CT molecular complexity index is 128. The molecule has 0 aliphatic rings. The van der Waals surface area contributed by atoms with Crippen LogP contribution in [0.15, 0.2) is 0 Å². The van der Waals surface area contributed by atoms with Crippen molar-refractivity contribution in [1.29, 1.82) is 0 Å². The molecular weight excluding hydrogens is 206 g/mol. The minimum atomic E-state index is -0.205. The topological polar surface area (TPSA) is 21.7 Å². The molecule has 0 saturated heterocycles. The van der Waals surface area contributed by atoms with Gasteiger partial charge in [-0.2, -0.15) is 0 Å². The van der Waals surface area contributed by atoms with Crippen molar-refractivity contribution >= 4 is 9.52 Å². The Kier molecular flexibility index (Phi) is 10.7. The quantitative estimate of drug-likeness (QED) is 0.322. The molecule has 0 aliphatic carbocycles. The highest BCUT2D eigenvalue weighted by molar-refractivity contribution is 6.36. The fourth-order valence-electron chi connectivity index (χ4n) is 1.50. The molecule has 0 aliphatic heterocycles. The molecule has 4 heteroatoms. The van der Waals surface area contributed by atoms with Crippen LogP contribution in [0.4, 0.5) is 0 Å². The molecule has 92 valence electrons. The van der Waals surface area contributed by atoms with E-state index in [0.717, 1.165) is 13.2 Å². The maximum Gasteiger partial charge on any atom is 0.134 e. The summed E-state index contributed by atoms with van der Waals surface area (Å²) in [4.78, 5) is 2.24. The van der Waals surface area contributed by atoms with E-state index in [4.69, 9.17) is 9.47 Å². The molecule has 0 rings (SSSR count). The molecule has 0 N–H and O–H groups in total. The summed E-state index contributed by atoms with van der Waals surface area (Å²) in [5.41, 5.74) is 0. The molecule has 0 radical (unpaired) electrons. The van der Waals surface area contributed by atoms with Gasteiger partial charge in [-0.25, -0.2) is 0 Å². The van der Waals surface area contributed by atoms with Gasteiger partial charge in [-0.05, 0) is 40.9 Å². The van der Waals surface area contributed by atoms with Crippen LogP contribution in [0.1, 0.15) is 26.7 Å². The SMILES string of the molecule is CCOC(OCC)[SiH2]CCCCN(C)C. The zero-order valence-electron chi connectivity index (χ0n) is 10.8. The molecule has 0 aromatic heterocycles. The second-order valence-corrected chi connectivity index (χ2v) is 5.94.